The molecule has 25 heavy (non-hydrogen) atoms. The highest BCUT2D eigenvalue weighted by atomic mass is 32.2. The van der Waals surface area contributed by atoms with Gasteiger partial charge in [0, 0.05) is 31.0 Å². The van der Waals surface area contributed by atoms with Gasteiger partial charge in [0.05, 0.1) is 19.1 Å². The van der Waals surface area contributed by atoms with Gasteiger partial charge in [-0.2, -0.15) is 0 Å². The predicted molar refractivity (Wildman–Crippen MR) is 95.4 cm³/mol. The van der Waals surface area contributed by atoms with Crippen LogP contribution in [-0.2, 0) is 16.4 Å². The van der Waals surface area contributed by atoms with Crippen LogP contribution in [0, 0.1) is 0 Å². The number of hydrogen-bond donors (Lipinski definition) is 4. The number of aromatic nitrogens is 2. The number of nitrogens with zero attached hydrogens (tertiary/aromatic N) is 1. The van der Waals surface area contributed by atoms with Crippen molar-refractivity contribution in [1.29, 1.82) is 0 Å². The Morgan fingerprint density at radius 1 is 1.36 bits per heavy atom. The van der Waals surface area contributed by atoms with Crippen LogP contribution in [0.1, 0.15) is 12.2 Å². The highest BCUT2D eigenvalue weighted by Gasteiger charge is 2.10. The summed E-state index contributed by atoms with van der Waals surface area (Å²) in [4.78, 5) is 19.0. The van der Waals surface area contributed by atoms with Crippen molar-refractivity contribution in [1.82, 2.24) is 15.3 Å². The Bertz CT molecular complexity index is 805. The average molecular weight is 367 g/mol. The largest absolute Gasteiger partial charge is 0.495 e. The second-order valence-electron chi connectivity index (χ2n) is 5.31. The molecule has 136 valence electrons. The molecule has 0 aliphatic rings. The molecule has 1 aromatic carbocycles. The molecule has 0 spiro atoms. The molecule has 2 aromatic rings. The van der Waals surface area contributed by atoms with Gasteiger partial charge in [-0.1, -0.05) is 0 Å². The quantitative estimate of drug-likeness (QED) is 0.527. The van der Waals surface area contributed by atoms with Gasteiger partial charge in [0.25, 0.3) is 0 Å². The summed E-state index contributed by atoms with van der Waals surface area (Å²) >= 11 is 0. The van der Waals surface area contributed by atoms with Gasteiger partial charge in [0.2, 0.25) is 10.0 Å². The molecule has 0 saturated heterocycles. The first-order valence-corrected chi connectivity index (χ1v) is 9.45. The lowest BCUT2D eigenvalue weighted by Crippen LogP contribution is -2.29. The SMILES string of the molecule is COc1ccc(NC(=O)NCCCc2ncc[nH]2)cc1NS(C)(=O)=O. The van der Waals surface area contributed by atoms with E-state index in [-0.39, 0.29) is 11.7 Å². The first kappa shape index (κ1) is 18.6. The number of carbonyl (C=O) groups excluding carboxylic acids is 1. The van der Waals surface area contributed by atoms with Crippen LogP contribution in [0.5, 0.6) is 5.75 Å². The number of anilines is 2. The van der Waals surface area contributed by atoms with E-state index < -0.39 is 10.0 Å². The van der Waals surface area contributed by atoms with Crippen molar-refractivity contribution >= 4 is 27.4 Å². The molecule has 2 amide bonds. The minimum atomic E-state index is -3.46. The molecule has 2 rings (SSSR count). The lowest BCUT2D eigenvalue weighted by atomic mass is 10.2. The Morgan fingerprint density at radius 2 is 2.16 bits per heavy atom. The van der Waals surface area contributed by atoms with Crippen molar-refractivity contribution in [3.63, 3.8) is 0 Å². The molecule has 0 aliphatic heterocycles. The van der Waals surface area contributed by atoms with E-state index >= 15 is 0 Å². The number of rotatable bonds is 8. The van der Waals surface area contributed by atoms with Gasteiger partial charge in [0.1, 0.15) is 11.6 Å². The highest BCUT2D eigenvalue weighted by molar-refractivity contribution is 7.92. The molecule has 0 aliphatic carbocycles. The van der Waals surface area contributed by atoms with E-state index in [1.807, 2.05) is 0 Å². The van der Waals surface area contributed by atoms with Crippen molar-refractivity contribution in [2.45, 2.75) is 12.8 Å². The Hall–Kier alpha value is -2.75. The highest BCUT2D eigenvalue weighted by Crippen LogP contribution is 2.28. The maximum absolute atomic E-state index is 11.9. The predicted octanol–water partition coefficient (Wildman–Crippen LogP) is 1.54. The van der Waals surface area contributed by atoms with Crippen molar-refractivity contribution in [2.24, 2.45) is 0 Å². The van der Waals surface area contributed by atoms with Crippen LogP contribution in [0.2, 0.25) is 0 Å². The molecular formula is C15H21N5O4S. The maximum atomic E-state index is 11.9. The van der Waals surface area contributed by atoms with Gasteiger partial charge in [0.15, 0.2) is 0 Å². The number of aromatic amines is 1. The molecule has 0 unspecified atom stereocenters. The zero-order valence-electron chi connectivity index (χ0n) is 14.0. The van der Waals surface area contributed by atoms with Gasteiger partial charge < -0.3 is 20.4 Å². The van der Waals surface area contributed by atoms with Crippen LogP contribution < -0.4 is 20.1 Å². The second-order valence-corrected chi connectivity index (χ2v) is 7.06. The Labute approximate surface area is 146 Å². The van der Waals surface area contributed by atoms with E-state index in [2.05, 4.69) is 25.3 Å². The van der Waals surface area contributed by atoms with Crippen LogP contribution in [-0.4, -0.2) is 44.3 Å². The van der Waals surface area contributed by atoms with Gasteiger partial charge in [-0.05, 0) is 24.6 Å². The number of H-pyrrole nitrogens is 1. The van der Waals surface area contributed by atoms with Crippen LogP contribution in [0.3, 0.4) is 0 Å². The molecule has 0 radical (unpaired) electrons. The summed E-state index contributed by atoms with van der Waals surface area (Å²) in [6.45, 7) is 0.483. The van der Waals surface area contributed by atoms with E-state index in [9.17, 15) is 13.2 Å². The molecule has 1 aromatic heterocycles. The van der Waals surface area contributed by atoms with E-state index in [4.69, 9.17) is 4.74 Å². The van der Waals surface area contributed by atoms with Gasteiger partial charge in [-0.15, -0.1) is 0 Å². The molecule has 9 nitrogen and oxygen atoms in total. The Kier molecular flexibility index (Phi) is 6.23. The third-order valence-corrected chi connectivity index (χ3v) is 3.77. The van der Waals surface area contributed by atoms with Crippen LogP contribution in [0.25, 0.3) is 0 Å². The first-order valence-electron chi connectivity index (χ1n) is 7.56. The first-order chi connectivity index (χ1) is 11.9. The minimum Gasteiger partial charge on any atom is -0.495 e. The van der Waals surface area contributed by atoms with Crippen LogP contribution in [0.4, 0.5) is 16.2 Å². The van der Waals surface area contributed by atoms with Crippen molar-refractivity contribution in [3.05, 3.63) is 36.4 Å². The zero-order chi connectivity index (χ0) is 18.3. The van der Waals surface area contributed by atoms with Crippen LogP contribution in [0.15, 0.2) is 30.6 Å². The molecule has 0 atom stereocenters. The molecule has 0 fully saturated rings. The van der Waals surface area contributed by atoms with Gasteiger partial charge >= 0.3 is 6.03 Å². The third-order valence-electron chi connectivity index (χ3n) is 3.18. The third kappa shape index (κ3) is 6.34. The summed E-state index contributed by atoms with van der Waals surface area (Å²) in [6.07, 6.45) is 5.95. The number of nitrogens with one attached hydrogen (secondary N) is 4. The monoisotopic (exact) mass is 367 g/mol. The van der Waals surface area contributed by atoms with Crippen molar-refractivity contribution in [2.75, 3.05) is 29.9 Å². The molecule has 4 N–H and O–H groups in total. The summed E-state index contributed by atoms with van der Waals surface area (Å²) in [5.74, 6) is 1.23. The smallest absolute Gasteiger partial charge is 0.319 e. The normalized spacial score (nSPS) is 11.0. The average Bonchev–Trinajstić information content (AvgIpc) is 3.04. The fourth-order valence-electron chi connectivity index (χ4n) is 2.13. The topological polar surface area (TPSA) is 125 Å². The van der Waals surface area contributed by atoms with Gasteiger partial charge in [-0.25, -0.2) is 18.2 Å². The Morgan fingerprint density at radius 3 is 2.80 bits per heavy atom. The van der Waals surface area contributed by atoms with Crippen molar-refractivity contribution in [3.8, 4) is 5.75 Å². The summed E-state index contributed by atoms with van der Waals surface area (Å²) in [6, 6.07) is 4.30. The van der Waals surface area contributed by atoms with E-state index in [0.29, 0.717) is 18.0 Å². The molecule has 1 heterocycles. The number of sulfonamides is 1. The van der Waals surface area contributed by atoms with Crippen molar-refractivity contribution < 1.29 is 17.9 Å². The number of methoxy groups -OCH3 is 1. The lowest BCUT2D eigenvalue weighted by molar-refractivity contribution is 0.252. The molecule has 0 saturated carbocycles. The number of hydrogen-bond acceptors (Lipinski definition) is 5. The number of carbonyl (C=O) groups is 1. The van der Waals surface area contributed by atoms with E-state index in [1.54, 1.807) is 24.5 Å². The number of ether oxygens (including phenoxy) is 1. The summed E-state index contributed by atoms with van der Waals surface area (Å²) in [7, 11) is -2.03. The number of amides is 2. The zero-order valence-corrected chi connectivity index (χ0v) is 14.8. The van der Waals surface area contributed by atoms with Gasteiger partial charge in [-0.3, -0.25) is 4.72 Å². The number of aryl methyl sites for hydroxylation is 1. The minimum absolute atomic E-state index is 0.251. The number of benzene rings is 1. The fourth-order valence-corrected chi connectivity index (χ4v) is 2.69. The molecule has 10 heteroatoms. The van der Waals surface area contributed by atoms with E-state index in [0.717, 1.165) is 24.9 Å². The van der Waals surface area contributed by atoms with E-state index in [1.165, 1.54) is 13.2 Å². The lowest BCUT2D eigenvalue weighted by Gasteiger charge is -2.13. The number of urea groups is 1. The Balaban J connectivity index is 1.88. The summed E-state index contributed by atoms with van der Waals surface area (Å²) < 4.78 is 30.2. The maximum Gasteiger partial charge on any atom is 0.319 e. The molecule has 0 bridgehead atoms. The fraction of sp³-hybridized carbons (Fsp3) is 0.333. The summed E-state index contributed by atoms with van der Waals surface area (Å²) in [5.41, 5.74) is 0.691. The standard InChI is InChI=1S/C15H21N5O4S/c1-24-13-6-5-11(10-12(13)20-25(2,22)23)19-15(21)18-7-3-4-14-16-8-9-17-14/h5-6,8-10,20H,3-4,7H2,1-2H3,(H,16,17)(H2,18,19,21). The number of imidazole rings is 1. The summed E-state index contributed by atoms with van der Waals surface area (Å²) in [5, 5.41) is 5.38. The molecular weight excluding hydrogens is 346 g/mol. The second kappa shape index (κ2) is 8.38. The van der Waals surface area contributed by atoms with Crippen LogP contribution >= 0.6 is 0 Å².